The van der Waals surface area contributed by atoms with Crippen molar-refractivity contribution >= 4 is 51.1 Å². The van der Waals surface area contributed by atoms with Gasteiger partial charge in [0.25, 0.3) is 0 Å². The Morgan fingerprint density at radius 3 is 2.45 bits per heavy atom. The number of carbonyl (C=O) groups is 3. The lowest BCUT2D eigenvalue weighted by molar-refractivity contribution is -0.144. The molecule has 1 N–H and O–H groups in total. The van der Waals surface area contributed by atoms with Gasteiger partial charge in [0.1, 0.15) is 11.8 Å². The van der Waals surface area contributed by atoms with Crippen molar-refractivity contribution < 1.29 is 24.2 Å². The molecule has 10 heteroatoms. The molecule has 228 valence electrons. The predicted molar refractivity (Wildman–Crippen MR) is 170 cm³/mol. The van der Waals surface area contributed by atoms with Gasteiger partial charge in [-0.05, 0) is 50.5 Å². The Morgan fingerprint density at radius 1 is 1.14 bits per heavy atom. The molecule has 3 amide bonds. The summed E-state index contributed by atoms with van der Waals surface area (Å²) in [6.45, 7) is 10.8. The van der Waals surface area contributed by atoms with E-state index in [4.69, 9.17) is 4.74 Å². The number of amides is 3. The number of fused-ring (bicyclic) bond motifs is 1. The van der Waals surface area contributed by atoms with Crippen LogP contribution in [0.1, 0.15) is 45.4 Å². The van der Waals surface area contributed by atoms with Gasteiger partial charge >= 0.3 is 0 Å². The second-order valence-corrected chi connectivity index (χ2v) is 14.4. The molecule has 1 aromatic carbocycles. The molecule has 0 radical (unpaired) electrons. The Bertz CT molecular complexity index is 1190. The zero-order chi connectivity index (χ0) is 30.0. The van der Waals surface area contributed by atoms with Crippen LogP contribution in [0.5, 0.6) is 5.75 Å². The summed E-state index contributed by atoms with van der Waals surface area (Å²) in [5, 5.41) is 9.86. The number of benzene rings is 1. The molecule has 1 aromatic rings. The summed E-state index contributed by atoms with van der Waals surface area (Å²) in [5.74, 6) is -0.983. The predicted octanol–water partition coefficient (Wildman–Crippen LogP) is 4.41. The maximum absolute atomic E-state index is 14.6. The first-order valence-electron chi connectivity index (χ1n) is 15.1. The quantitative estimate of drug-likeness (QED) is 0.264. The van der Waals surface area contributed by atoms with Crippen molar-refractivity contribution in [1.29, 1.82) is 0 Å². The molecule has 4 fully saturated rings. The number of alkyl halides is 1. The van der Waals surface area contributed by atoms with Crippen molar-refractivity contribution in [2.75, 3.05) is 37.7 Å². The summed E-state index contributed by atoms with van der Waals surface area (Å²) >= 11 is 5.49. The van der Waals surface area contributed by atoms with Crippen LogP contribution in [-0.2, 0) is 14.4 Å². The number of β-amino-alcohol motifs (C(OH)–C–C–N with tert-alkyl or cyclic N) is 1. The summed E-state index contributed by atoms with van der Waals surface area (Å²) in [4.78, 5) is 48.5. The molecule has 3 unspecified atom stereocenters. The highest BCUT2D eigenvalue weighted by molar-refractivity contribution is 9.09. The molecule has 2 bridgehead atoms. The van der Waals surface area contributed by atoms with Crippen molar-refractivity contribution in [1.82, 2.24) is 9.80 Å². The highest BCUT2D eigenvalue weighted by Crippen LogP contribution is 2.68. The van der Waals surface area contributed by atoms with Crippen LogP contribution in [-0.4, -0.2) is 92.4 Å². The van der Waals surface area contributed by atoms with E-state index in [1.54, 1.807) is 33.7 Å². The van der Waals surface area contributed by atoms with Crippen LogP contribution in [0.4, 0.5) is 5.69 Å². The maximum Gasteiger partial charge on any atom is 0.247 e. The number of aliphatic hydroxyl groups excluding tert-OH is 1. The summed E-state index contributed by atoms with van der Waals surface area (Å²) in [6, 6.07) is 6.75. The maximum atomic E-state index is 14.6. The van der Waals surface area contributed by atoms with Crippen LogP contribution in [0.2, 0.25) is 0 Å². The summed E-state index contributed by atoms with van der Waals surface area (Å²) in [7, 11) is 0. The molecule has 3 saturated heterocycles. The summed E-state index contributed by atoms with van der Waals surface area (Å²) < 4.78 is 4.83. The van der Waals surface area contributed by atoms with Gasteiger partial charge in [0.2, 0.25) is 17.7 Å². The molecule has 42 heavy (non-hydrogen) atoms. The number of ether oxygens (including phenoxy) is 1. The topological polar surface area (TPSA) is 90.4 Å². The van der Waals surface area contributed by atoms with Gasteiger partial charge < -0.3 is 24.5 Å². The minimum Gasteiger partial charge on any atom is -0.494 e. The van der Waals surface area contributed by atoms with E-state index in [0.29, 0.717) is 31.8 Å². The Morgan fingerprint density at radius 2 is 1.83 bits per heavy atom. The Balaban J connectivity index is 1.51. The SMILES string of the molecule is C=CCN(C(=O)[C@H]1[C@H]2C(=O)N(CCO)C(C(=O)N(CC=C)C3CCCCC3)C23CC(Br)[C@@H]1S3)c1ccc(OCC)cc1. The number of hydrogen-bond donors (Lipinski definition) is 1. The Hall–Kier alpha value is -2.30. The smallest absolute Gasteiger partial charge is 0.247 e. The molecule has 1 saturated carbocycles. The van der Waals surface area contributed by atoms with E-state index in [9.17, 15) is 19.5 Å². The molecule has 3 heterocycles. The van der Waals surface area contributed by atoms with E-state index in [1.807, 2.05) is 36.1 Å². The molecule has 1 aliphatic carbocycles. The first-order chi connectivity index (χ1) is 20.3. The first kappa shape index (κ1) is 31.1. The van der Waals surface area contributed by atoms with Gasteiger partial charge in [-0.1, -0.05) is 47.3 Å². The van der Waals surface area contributed by atoms with Crippen LogP contribution in [0.25, 0.3) is 0 Å². The van der Waals surface area contributed by atoms with Crippen LogP contribution in [0, 0.1) is 11.8 Å². The fourth-order valence-corrected chi connectivity index (χ4v) is 11.3. The van der Waals surface area contributed by atoms with Crippen LogP contribution < -0.4 is 9.64 Å². The summed E-state index contributed by atoms with van der Waals surface area (Å²) in [5.41, 5.74) is 0.705. The lowest BCUT2D eigenvalue weighted by Crippen LogP contribution is -2.58. The highest BCUT2D eigenvalue weighted by Gasteiger charge is 2.76. The molecule has 1 spiro atoms. The van der Waals surface area contributed by atoms with Gasteiger partial charge in [0.05, 0.1) is 29.8 Å². The normalized spacial score (nSPS) is 30.2. The van der Waals surface area contributed by atoms with E-state index < -0.39 is 22.6 Å². The molecule has 8 nitrogen and oxygen atoms in total. The largest absolute Gasteiger partial charge is 0.494 e. The van der Waals surface area contributed by atoms with Crippen molar-refractivity contribution in [3.63, 3.8) is 0 Å². The van der Waals surface area contributed by atoms with Gasteiger partial charge in [-0.3, -0.25) is 14.4 Å². The van der Waals surface area contributed by atoms with Crippen LogP contribution in [0.3, 0.4) is 0 Å². The fourth-order valence-electron chi connectivity index (χ4n) is 7.67. The average Bonchev–Trinajstić information content (AvgIpc) is 3.58. The number of carbonyl (C=O) groups excluding carboxylic acids is 3. The lowest BCUT2D eigenvalue weighted by Gasteiger charge is -2.41. The standard InChI is InChI=1S/C32H42BrN3O5S/c1-4-16-34(22-12-14-23(15-13-22)41-6-3)29(38)25-26-30(39)36(18-19-37)28(32(26)20-24(33)27(25)42-32)31(40)35(17-5-2)21-10-8-7-9-11-21/h4-5,12-15,21,24-28,37H,1-2,6-11,16-20H2,3H3/t24?,25-,26-,27-,28?,32?/m0/s1. The van der Waals surface area contributed by atoms with Gasteiger partial charge in [0.15, 0.2) is 0 Å². The van der Waals surface area contributed by atoms with Crippen molar-refractivity contribution in [3.05, 3.63) is 49.6 Å². The average molecular weight is 661 g/mol. The van der Waals surface area contributed by atoms with E-state index >= 15 is 0 Å². The van der Waals surface area contributed by atoms with E-state index in [-0.39, 0.29) is 47.0 Å². The van der Waals surface area contributed by atoms with Crippen molar-refractivity contribution in [2.45, 2.75) is 72.4 Å². The zero-order valence-electron chi connectivity index (χ0n) is 24.3. The van der Waals surface area contributed by atoms with E-state index in [1.165, 1.54) is 6.42 Å². The molecule has 0 aromatic heterocycles. The molecule has 4 aliphatic rings. The van der Waals surface area contributed by atoms with Gasteiger partial charge in [0, 0.05) is 41.4 Å². The van der Waals surface area contributed by atoms with Gasteiger partial charge in [-0.25, -0.2) is 0 Å². The molecular weight excluding hydrogens is 618 g/mol. The van der Waals surface area contributed by atoms with Crippen LogP contribution >= 0.6 is 27.7 Å². The number of halogens is 1. The zero-order valence-corrected chi connectivity index (χ0v) is 26.7. The van der Waals surface area contributed by atoms with E-state index in [2.05, 4.69) is 29.1 Å². The fraction of sp³-hybridized carbons (Fsp3) is 0.594. The number of likely N-dealkylation sites (tertiary alicyclic amines) is 1. The summed E-state index contributed by atoms with van der Waals surface area (Å²) in [6.07, 6.45) is 9.25. The monoisotopic (exact) mass is 659 g/mol. The minimum atomic E-state index is -0.755. The number of thioether (sulfide) groups is 1. The minimum absolute atomic E-state index is 0.0293. The molecule has 6 atom stereocenters. The third-order valence-corrected chi connectivity index (χ3v) is 12.5. The third-order valence-electron chi connectivity index (χ3n) is 9.31. The van der Waals surface area contributed by atoms with Gasteiger partial charge in [-0.2, -0.15) is 0 Å². The molecule has 5 rings (SSSR count). The number of anilines is 1. The van der Waals surface area contributed by atoms with E-state index in [0.717, 1.165) is 31.4 Å². The van der Waals surface area contributed by atoms with Crippen molar-refractivity contribution in [3.8, 4) is 5.75 Å². The molecule has 3 aliphatic heterocycles. The Kier molecular flexibility index (Phi) is 9.74. The number of aliphatic hydroxyl groups is 1. The van der Waals surface area contributed by atoms with Gasteiger partial charge in [-0.15, -0.1) is 24.9 Å². The number of nitrogens with zero attached hydrogens (tertiary/aromatic N) is 3. The second kappa shape index (κ2) is 13.1. The third kappa shape index (κ3) is 5.32. The Labute approximate surface area is 261 Å². The van der Waals surface area contributed by atoms with Crippen LogP contribution in [0.15, 0.2) is 49.6 Å². The number of hydrogen-bond acceptors (Lipinski definition) is 6. The lowest BCUT2D eigenvalue weighted by atomic mass is 9.70. The van der Waals surface area contributed by atoms with Crippen molar-refractivity contribution in [2.24, 2.45) is 11.8 Å². The highest BCUT2D eigenvalue weighted by atomic mass is 79.9. The molecular formula is C32H42BrN3O5S. The number of rotatable bonds is 12. The second-order valence-electron chi connectivity index (χ2n) is 11.7. The first-order valence-corrected chi connectivity index (χ1v) is 16.9.